The molecule has 0 radical (unpaired) electrons. The second kappa shape index (κ2) is 6.57. The molecule has 2 nitrogen and oxygen atoms in total. The lowest BCUT2D eigenvalue weighted by atomic mass is 9.94. The van der Waals surface area contributed by atoms with Gasteiger partial charge in [0.15, 0.2) is 5.78 Å². The van der Waals surface area contributed by atoms with Gasteiger partial charge in [-0.05, 0) is 61.2 Å². The number of hydrogen-bond donors (Lipinski definition) is 0. The molecule has 0 bridgehead atoms. The maximum Gasteiger partial charge on any atom is 0.176 e. The van der Waals surface area contributed by atoms with Crippen LogP contribution in [0.15, 0.2) is 18.2 Å². The van der Waals surface area contributed by atoms with Crippen molar-refractivity contribution in [2.45, 2.75) is 39.0 Å². The monoisotopic (exact) mass is 283 g/mol. The normalized spacial score (nSPS) is 19.5. The van der Waals surface area contributed by atoms with Crippen molar-refractivity contribution in [2.24, 2.45) is 5.92 Å². The molecule has 1 fully saturated rings. The Morgan fingerprint density at radius 1 is 1.14 bits per heavy atom. The maximum atomic E-state index is 12.5. The highest BCUT2D eigenvalue weighted by Crippen LogP contribution is 2.19. The van der Waals surface area contributed by atoms with Crippen LogP contribution in [0.3, 0.4) is 0 Å². The van der Waals surface area contributed by atoms with E-state index in [2.05, 4.69) is 36.1 Å². The Bertz CT molecular complexity index is 623. The van der Waals surface area contributed by atoms with E-state index in [1.54, 1.807) is 0 Å². The molecule has 2 heteroatoms. The molecule has 112 valence electrons. The molecular formula is C19H25NO. The topological polar surface area (TPSA) is 20.3 Å². The van der Waals surface area contributed by atoms with Gasteiger partial charge in [0.05, 0.1) is 6.54 Å². The highest BCUT2D eigenvalue weighted by Gasteiger charge is 2.20. The first-order valence-electron chi connectivity index (χ1n) is 8.32. The SMILES string of the molecule is CCC1CCN(CC(=O)c2ccc3c(c2)=CCCC=3)CC1. The molecule has 2 aliphatic rings. The highest BCUT2D eigenvalue weighted by molar-refractivity contribution is 5.97. The van der Waals surface area contributed by atoms with E-state index in [0.717, 1.165) is 37.4 Å². The molecule has 1 heterocycles. The van der Waals surface area contributed by atoms with Crippen LogP contribution >= 0.6 is 0 Å². The zero-order valence-corrected chi connectivity index (χ0v) is 13.0. The van der Waals surface area contributed by atoms with Gasteiger partial charge in [0.25, 0.3) is 0 Å². The minimum absolute atomic E-state index is 0.270. The third-order valence-corrected chi connectivity index (χ3v) is 4.96. The number of piperidine rings is 1. The zero-order valence-electron chi connectivity index (χ0n) is 13.0. The van der Waals surface area contributed by atoms with Crippen molar-refractivity contribution in [2.75, 3.05) is 19.6 Å². The van der Waals surface area contributed by atoms with Crippen LogP contribution in [0, 0.1) is 5.92 Å². The number of benzene rings is 1. The van der Waals surface area contributed by atoms with E-state index >= 15 is 0 Å². The first-order valence-corrected chi connectivity index (χ1v) is 8.32. The van der Waals surface area contributed by atoms with Crippen LogP contribution in [0.25, 0.3) is 12.2 Å². The van der Waals surface area contributed by atoms with Crippen LogP contribution in [0.2, 0.25) is 0 Å². The lowest BCUT2D eigenvalue weighted by Crippen LogP contribution is -2.37. The first kappa shape index (κ1) is 14.5. The quantitative estimate of drug-likeness (QED) is 0.791. The van der Waals surface area contributed by atoms with E-state index in [1.807, 2.05) is 6.07 Å². The van der Waals surface area contributed by atoms with Gasteiger partial charge in [-0.3, -0.25) is 9.69 Å². The van der Waals surface area contributed by atoms with Gasteiger partial charge in [-0.2, -0.15) is 0 Å². The van der Waals surface area contributed by atoms with Gasteiger partial charge < -0.3 is 0 Å². The van der Waals surface area contributed by atoms with Crippen LogP contribution in [0.1, 0.15) is 49.4 Å². The zero-order chi connectivity index (χ0) is 14.7. The van der Waals surface area contributed by atoms with Gasteiger partial charge in [0, 0.05) is 5.56 Å². The Kier molecular flexibility index (Phi) is 4.54. The lowest BCUT2D eigenvalue weighted by molar-refractivity contribution is 0.0894. The van der Waals surface area contributed by atoms with Crippen LogP contribution in [-0.2, 0) is 0 Å². The second-order valence-corrected chi connectivity index (χ2v) is 6.38. The Morgan fingerprint density at radius 3 is 2.57 bits per heavy atom. The molecular weight excluding hydrogens is 258 g/mol. The molecule has 21 heavy (non-hydrogen) atoms. The smallest absolute Gasteiger partial charge is 0.176 e. The summed E-state index contributed by atoms with van der Waals surface area (Å²) in [5.41, 5.74) is 0.873. The predicted octanol–water partition coefficient (Wildman–Crippen LogP) is 2.35. The van der Waals surface area contributed by atoms with E-state index in [1.165, 1.54) is 29.7 Å². The molecule has 0 spiro atoms. The Balaban J connectivity index is 1.66. The van der Waals surface area contributed by atoms with Gasteiger partial charge in [-0.1, -0.05) is 37.6 Å². The lowest BCUT2D eigenvalue weighted by Gasteiger charge is -2.30. The number of likely N-dealkylation sites (tertiary alicyclic amines) is 1. The van der Waals surface area contributed by atoms with E-state index in [4.69, 9.17) is 0 Å². The van der Waals surface area contributed by atoms with Crippen molar-refractivity contribution in [3.8, 4) is 0 Å². The minimum Gasteiger partial charge on any atom is -0.296 e. The van der Waals surface area contributed by atoms with Crippen molar-refractivity contribution in [3.63, 3.8) is 0 Å². The number of carbonyl (C=O) groups is 1. The molecule has 0 unspecified atom stereocenters. The average Bonchev–Trinajstić information content (AvgIpc) is 2.55. The highest BCUT2D eigenvalue weighted by atomic mass is 16.1. The number of ketones is 1. The molecule has 0 N–H and O–H groups in total. The number of carbonyl (C=O) groups excluding carboxylic acids is 1. The summed E-state index contributed by atoms with van der Waals surface area (Å²) < 4.78 is 0. The van der Waals surface area contributed by atoms with Crippen molar-refractivity contribution >= 4 is 17.9 Å². The summed E-state index contributed by atoms with van der Waals surface area (Å²) >= 11 is 0. The molecule has 1 saturated heterocycles. The Labute approximate surface area is 127 Å². The van der Waals surface area contributed by atoms with Crippen LogP contribution in [0.5, 0.6) is 0 Å². The van der Waals surface area contributed by atoms with Gasteiger partial charge in [0.1, 0.15) is 0 Å². The fourth-order valence-corrected chi connectivity index (χ4v) is 3.44. The Hall–Kier alpha value is -1.41. The van der Waals surface area contributed by atoms with E-state index in [0.29, 0.717) is 6.54 Å². The fraction of sp³-hybridized carbons (Fsp3) is 0.526. The van der Waals surface area contributed by atoms with E-state index in [-0.39, 0.29) is 5.78 Å². The molecule has 3 rings (SSSR count). The first-order chi connectivity index (χ1) is 10.3. The van der Waals surface area contributed by atoms with Crippen molar-refractivity contribution in [1.29, 1.82) is 0 Å². The summed E-state index contributed by atoms with van der Waals surface area (Å²) in [5.74, 6) is 1.14. The number of Topliss-reactive ketones (excluding diaryl/α,β-unsaturated/α-hetero) is 1. The summed E-state index contributed by atoms with van der Waals surface area (Å²) in [6.07, 6.45) is 10.5. The molecule has 1 aromatic carbocycles. The molecule has 1 aliphatic heterocycles. The van der Waals surface area contributed by atoms with Crippen molar-refractivity contribution < 1.29 is 4.79 Å². The van der Waals surface area contributed by atoms with Crippen LogP contribution in [-0.4, -0.2) is 30.3 Å². The summed E-state index contributed by atoms with van der Waals surface area (Å²) in [7, 11) is 0. The summed E-state index contributed by atoms with van der Waals surface area (Å²) in [6.45, 7) is 5.01. The average molecular weight is 283 g/mol. The van der Waals surface area contributed by atoms with E-state index in [9.17, 15) is 4.79 Å². The summed E-state index contributed by atoms with van der Waals surface area (Å²) in [4.78, 5) is 14.8. The number of nitrogens with zero attached hydrogens (tertiary/aromatic N) is 1. The second-order valence-electron chi connectivity index (χ2n) is 6.38. The van der Waals surface area contributed by atoms with Crippen molar-refractivity contribution in [1.82, 2.24) is 4.90 Å². The summed E-state index contributed by atoms with van der Waals surface area (Å²) in [5, 5.41) is 2.51. The number of hydrogen-bond acceptors (Lipinski definition) is 2. The van der Waals surface area contributed by atoms with Crippen molar-refractivity contribution in [3.05, 3.63) is 34.2 Å². The predicted molar refractivity (Wildman–Crippen MR) is 87.6 cm³/mol. The minimum atomic E-state index is 0.270. The largest absolute Gasteiger partial charge is 0.296 e. The van der Waals surface area contributed by atoms with Crippen LogP contribution in [0.4, 0.5) is 0 Å². The van der Waals surface area contributed by atoms with Gasteiger partial charge in [0.2, 0.25) is 0 Å². The molecule has 0 amide bonds. The molecule has 0 saturated carbocycles. The fourth-order valence-electron chi connectivity index (χ4n) is 3.44. The molecule has 1 aromatic rings. The Morgan fingerprint density at radius 2 is 1.86 bits per heavy atom. The molecule has 1 aliphatic carbocycles. The van der Waals surface area contributed by atoms with Gasteiger partial charge >= 0.3 is 0 Å². The summed E-state index contributed by atoms with van der Waals surface area (Å²) in [6, 6.07) is 6.17. The standard InChI is InChI=1S/C19H25NO/c1-2-15-9-11-20(12-10-15)14-19(21)18-8-7-16-5-3-4-6-17(16)13-18/h5-8,13,15H,2-4,9-12,14H2,1H3. The number of fused-ring (bicyclic) bond motifs is 1. The third-order valence-electron chi connectivity index (χ3n) is 4.96. The third kappa shape index (κ3) is 3.44. The molecule has 0 aromatic heterocycles. The van der Waals surface area contributed by atoms with E-state index < -0.39 is 0 Å². The van der Waals surface area contributed by atoms with Gasteiger partial charge in [-0.15, -0.1) is 0 Å². The van der Waals surface area contributed by atoms with Crippen LogP contribution < -0.4 is 10.4 Å². The van der Waals surface area contributed by atoms with Gasteiger partial charge in [-0.25, -0.2) is 0 Å². The maximum absolute atomic E-state index is 12.5. The number of rotatable bonds is 4. The molecule has 0 atom stereocenters.